The van der Waals surface area contributed by atoms with Crippen LogP contribution in [-0.4, -0.2) is 18.4 Å². The first-order valence-corrected chi connectivity index (χ1v) is 10.2. The SMILES string of the molecule is C=CCNC(=O)C1(c2ccc(NC(=O)c3ccc(C)s3)cc2)CCCCC1. The Hall–Kier alpha value is -2.40. The van der Waals surface area contributed by atoms with Crippen molar-refractivity contribution in [2.75, 3.05) is 11.9 Å². The molecule has 1 aromatic carbocycles. The topological polar surface area (TPSA) is 58.2 Å². The standard InChI is InChI=1S/C22H26N2O2S/c1-3-15-23-21(26)22(13-5-4-6-14-22)17-8-10-18(11-9-17)24-20(25)19-12-7-16(2)27-19/h3,7-12H,1,4-6,13-15H2,2H3,(H,23,26)(H,24,25). The highest BCUT2D eigenvalue weighted by atomic mass is 32.1. The fourth-order valence-electron chi connectivity index (χ4n) is 3.76. The van der Waals surface area contributed by atoms with E-state index in [1.54, 1.807) is 6.08 Å². The molecular formula is C22H26N2O2S. The fraction of sp³-hybridized carbons (Fsp3) is 0.364. The predicted molar refractivity (Wildman–Crippen MR) is 111 cm³/mol. The Morgan fingerprint density at radius 1 is 1.11 bits per heavy atom. The summed E-state index contributed by atoms with van der Waals surface area (Å²) in [6.45, 7) is 6.15. The third kappa shape index (κ3) is 4.30. The van der Waals surface area contributed by atoms with Gasteiger partial charge < -0.3 is 10.6 Å². The first-order valence-electron chi connectivity index (χ1n) is 9.43. The summed E-state index contributed by atoms with van der Waals surface area (Å²) in [7, 11) is 0. The number of carbonyl (C=O) groups excluding carboxylic acids is 2. The highest BCUT2D eigenvalue weighted by Gasteiger charge is 2.40. The van der Waals surface area contributed by atoms with Crippen molar-refractivity contribution in [3.8, 4) is 0 Å². The molecule has 0 atom stereocenters. The van der Waals surface area contributed by atoms with E-state index >= 15 is 0 Å². The van der Waals surface area contributed by atoms with E-state index in [2.05, 4.69) is 17.2 Å². The van der Waals surface area contributed by atoms with Crippen LogP contribution in [0.3, 0.4) is 0 Å². The lowest BCUT2D eigenvalue weighted by Crippen LogP contribution is -2.45. The van der Waals surface area contributed by atoms with E-state index in [1.165, 1.54) is 17.8 Å². The second kappa shape index (κ2) is 8.53. The largest absolute Gasteiger partial charge is 0.352 e. The molecule has 2 amide bonds. The van der Waals surface area contributed by atoms with E-state index in [9.17, 15) is 9.59 Å². The molecule has 4 nitrogen and oxygen atoms in total. The third-order valence-electron chi connectivity index (χ3n) is 5.21. The number of aryl methyl sites for hydroxylation is 1. The maximum absolute atomic E-state index is 12.9. The van der Waals surface area contributed by atoms with Gasteiger partial charge >= 0.3 is 0 Å². The molecule has 27 heavy (non-hydrogen) atoms. The molecule has 2 N–H and O–H groups in total. The number of nitrogens with one attached hydrogen (secondary N) is 2. The Balaban J connectivity index is 1.77. The summed E-state index contributed by atoms with van der Waals surface area (Å²) in [5.41, 5.74) is 1.29. The van der Waals surface area contributed by atoms with Crippen molar-refractivity contribution in [2.45, 2.75) is 44.4 Å². The minimum Gasteiger partial charge on any atom is -0.352 e. The molecule has 0 saturated heterocycles. The molecule has 0 bridgehead atoms. The van der Waals surface area contributed by atoms with Gasteiger partial charge in [-0.1, -0.05) is 37.5 Å². The van der Waals surface area contributed by atoms with Crippen LogP contribution in [0.4, 0.5) is 5.69 Å². The van der Waals surface area contributed by atoms with Crippen molar-refractivity contribution < 1.29 is 9.59 Å². The van der Waals surface area contributed by atoms with Crippen LogP contribution in [0.2, 0.25) is 0 Å². The summed E-state index contributed by atoms with van der Waals surface area (Å²) in [5.74, 6) is -0.0232. The molecule has 142 valence electrons. The summed E-state index contributed by atoms with van der Waals surface area (Å²) in [4.78, 5) is 27.0. The number of hydrogen-bond acceptors (Lipinski definition) is 3. The van der Waals surface area contributed by atoms with Gasteiger partial charge in [-0.25, -0.2) is 0 Å². The van der Waals surface area contributed by atoms with E-state index in [1.807, 2.05) is 43.3 Å². The van der Waals surface area contributed by atoms with Crippen LogP contribution in [0.1, 0.15) is 52.2 Å². The zero-order chi connectivity index (χ0) is 19.3. The first-order chi connectivity index (χ1) is 13.0. The van der Waals surface area contributed by atoms with Gasteiger partial charge in [0.2, 0.25) is 5.91 Å². The van der Waals surface area contributed by atoms with Crippen molar-refractivity contribution in [1.29, 1.82) is 0 Å². The fourth-order valence-corrected chi connectivity index (χ4v) is 4.52. The molecular weight excluding hydrogens is 356 g/mol. The molecule has 0 spiro atoms. The molecule has 1 aromatic heterocycles. The number of rotatable bonds is 6. The average molecular weight is 383 g/mol. The quantitative estimate of drug-likeness (QED) is 0.704. The zero-order valence-corrected chi connectivity index (χ0v) is 16.5. The van der Waals surface area contributed by atoms with Crippen LogP contribution in [0.15, 0.2) is 49.1 Å². The second-order valence-electron chi connectivity index (χ2n) is 7.08. The molecule has 0 unspecified atom stereocenters. The Morgan fingerprint density at radius 2 is 1.81 bits per heavy atom. The number of anilines is 1. The van der Waals surface area contributed by atoms with E-state index < -0.39 is 5.41 Å². The molecule has 1 aliphatic rings. The van der Waals surface area contributed by atoms with Gasteiger partial charge in [-0.05, 0) is 49.6 Å². The number of hydrogen-bond donors (Lipinski definition) is 2. The van der Waals surface area contributed by atoms with E-state index in [-0.39, 0.29) is 11.8 Å². The lowest BCUT2D eigenvalue weighted by Gasteiger charge is -2.36. The Morgan fingerprint density at radius 3 is 2.41 bits per heavy atom. The van der Waals surface area contributed by atoms with Crippen LogP contribution in [-0.2, 0) is 10.2 Å². The number of benzene rings is 1. The highest BCUT2D eigenvalue weighted by Crippen LogP contribution is 2.40. The zero-order valence-electron chi connectivity index (χ0n) is 15.7. The van der Waals surface area contributed by atoms with Gasteiger partial charge in [0.25, 0.3) is 5.91 Å². The second-order valence-corrected chi connectivity index (χ2v) is 8.37. The molecule has 1 heterocycles. The van der Waals surface area contributed by atoms with Crippen LogP contribution in [0.5, 0.6) is 0 Å². The summed E-state index contributed by atoms with van der Waals surface area (Å²) >= 11 is 1.48. The molecule has 1 saturated carbocycles. The molecule has 1 fully saturated rings. The molecule has 2 aromatic rings. The van der Waals surface area contributed by atoms with Gasteiger partial charge in [0.1, 0.15) is 0 Å². The molecule has 3 rings (SSSR count). The smallest absolute Gasteiger partial charge is 0.265 e. The lowest BCUT2D eigenvalue weighted by atomic mass is 9.68. The van der Waals surface area contributed by atoms with Crippen molar-refractivity contribution in [2.24, 2.45) is 0 Å². The van der Waals surface area contributed by atoms with Gasteiger partial charge in [-0.3, -0.25) is 9.59 Å². The van der Waals surface area contributed by atoms with Gasteiger partial charge in [0, 0.05) is 17.1 Å². The molecule has 0 radical (unpaired) electrons. The average Bonchev–Trinajstić information content (AvgIpc) is 3.13. The first kappa shape index (κ1) is 19.4. The van der Waals surface area contributed by atoms with Crippen LogP contribution in [0.25, 0.3) is 0 Å². The van der Waals surface area contributed by atoms with Gasteiger partial charge in [0.15, 0.2) is 0 Å². The third-order valence-corrected chi connectivity index (χ3v) is 6.21. The highest BCUT2D eigenvalue weighted by molar-refractivity contribution is 7.14. The maximum atomic E-state index is 12.9. The minimum absolute atomic E-state index is 0.0768. The van der Waals surface area contributed by atoms with Crippen LogP contribution in [0, 0.1) is 6.92 Å². The summed E-state index contributed by atoms with van der Waals surface area (Å²) < 4.78 is 0. The monoisotopic (exact) mass is 382 g/mol. The maximum Gasteiger partial charge on any atom is 0.265 e. The summed E-state index contributed by atoms with van der Waals surface area (Å²) in [6.07, 6.45) is 6.70. The molecule has 5 heteroatoms. The summed E-state index contributed by atoms with van der Waals surface area (Å²) in [6, 6.07) is 11.5. The molecule has 1 aliphatic carbocycles. The van der Waals surface area contributed by atoms with Crippen molar-refractivity contribution in [1.82, 2.24) is 5.32 Å². The Labute approximate surface area is 164 Å². The Bertz CT molecular complexity index is 817. The van der Waals surface area contributed by atoms with E-state index in [4.69, 9.17) is 0 Å². The number of carbonyl (C=O) groups is 2. The van der Waals surface area contributed by atoms with Crippen LogP contribution < -0.4 is 10.6 Å². The number of thiophene rings is 1. The van der Waals surface area contributed by atoms with Crippen LogP contribution >= 0.6 is 11.3 Å². The van der Waals surface area contributed by atoms with Crippen molar-refractivity contribution in [3.63, 3.8) is 0 Å². The van der Waals surface area contributed by atoms with Crippen molar-refractivity contribution >= 4 is 28.8 Å². The van der Waals surface area contributed by atoms with Gasteiger partial charge in [-0.2, -0.15) is 0 Å². The number of amides is 2. The molecule has 0 aliphatic heterocycles. The Kier molecular flexibility index (Phi) is 6.11. The van der Waals surface area contributed by atoms with Gasteiger partial charge in [0.05, 0.1) is 10.3 Å². The lowest BCUT2D eigenvalue weighted by molar-refractivity contribution is -0.127. The normalized spacial score (nSPS) is 15.7. The van der Waals surface area contributed by atoms with E-state index in [0.29, 0.717) is 11.4 Å². The minimum atomic E-state index is -0.478. The summed E-state index contributed by atoms with van der Waals surface area (Å²) in [5, 5.41) is 5.92. The predicted octanol–water partition coefficient (Wildman–Crippen LogP) is 4.81. The van der Waals surface area contributed by atoms with E-state index in [0.717, 1.165) is 41.8 Å². The van der Waals surface area contributed by atoms with Crippen molar-refractivity contribution in [3.05, 3.63) is 64.4 Å². The van der Waals surface area contributed by atoms with Gasteiger partial charge in [-0.15, -0.1) is 17.9 Å².